The van der Waals surface area contributed by atoms with E-state index < -0.39 is 0 Å². The van der Waals surface area contributed by atoms with E-state index in [0.717, 1.165) is 16.6 Å². The highest BCUT2D eigenvalue weighted by atomic mass is 79.9. The molecule has 0 fully saturated rings. The lowest BCUT2D eigenvalue weighted by atomic mass is 10.2. The maximum Gasteiger partial charge on any atom is 0.217 e. The minimum absolute atomic E-state index is 0.431. The van der Waals surface area contributed by atoms with Gasteiger partial charge < -0.3 is 14.8 Å². The molecule has 0 saturated heterocycles. The normalized spacial score (nSPS) is 10.9. The fourth-order valence-corrected chi connectivity index (χ4v) is 1.64. The third-order valence-corrected chi connectivity index (χ3v) is 2.55. The lowest BCUT2D eigenvalue weighted by Crippen LogP contribution is -2.22. The van der Waals surface area contributed by atoms with Gasteiger partial charge in [-0.2, -0.15) is 0 Å². The molecule has 96 valence electrons. The number of hydrogen-bond acceptors (Lipinski definition) is 4. The van der Waals surface area contributed by atoms with Crippen LogP contribution in [0.25, 0.3) is 0 Å². The minimum atomic E-state index is 0.431. The molecule has 0 atom stereocenters. The molecule has 0 bridgehead atoms. The molecule has 0 aliphatic carbocycles. The molecule has 0 unspecified atom stereocenters. The van der Waals surface area contributed by atoms with Gasteiger partial charge in [-0.3, -0.25) is 0 Å². The number of pyridine rings is 1. The van der Waals surface area contributed by atoms with Gasteiger partial charge in [-0.05, 0) is 22.0 Å². The maximum absolute atomic E-state index is 5.57. The first-order valence-corrected chi connectivity index (χ1v) is 6.42. The zero-order valence-electron chi connectivity index (χ0n) is 10.5. The van der Waals surface area contributed by atoms with Gasteiger partial charge in [-0.1, -0.05) is 13.8 Å². The zero-order valence-corrected chi connectivity index (χ0v) is 12.1. The molecule has 0 aliphatic heterocycles. The van der Waals surface area contributed by atoms with Gasteiger partial charge in [0.05, 0.1) is 6.61 Å². The van der Waals surface area contributed by atoms with Crippen LogP contribution in [0.4, 0.5) is 0 Å². The van der Waals surface area contributed by atoms with E-state index in [9.17, 15) is 0 Å². The summed E-state index contributed by atoms with van der Waals surface area (Å²) in [7, 11) is 1.65. The molecule has 1 rings (SSSR count). The highest BCUT2D eigenvalue weighted by molar-refractivity contribution is 9.10. The molecule has 0 radical (unpaired) electrons. The van der Waals surface area contributed by atoms with E-state index in [2.05, 4.69) is 40.1 Å². The van der Waals surface area contributed by atoms with Crippen molar-refractivity contribution in [3.63, 3.8) is 0 Å². The summed E-state index contributed by atoms with van der Waals surface area (Å²) in [5.74, 6) is 0.665. The second kappa shape index (κ2) is 7.63. The van der Waals surface area contributed by atoms with Gasteiger partial charge in [0.1, 0.15) is 6.61 Å². The van der Waals surface area contributed by atoms with Crippen molar-refractivity contribution in [2.24, 2.45) is 0 Å². The van der Waals surface area contributed by atoms with E-state index in [-0.39, 0.29) is 0 Å². The van der Waals surface area contributed by atoms with Gasteiger partial charge in [-0.25, -0.2) is 4.98 Å². The monoisotopic (exact) mass is 302 g/mol. The van der Waals surface area contributed by atoms with Crippen LogP contribution < -0.4 is 10.1 Å². The number of methoxy groups -OCH3 is 1. The highest BCUT2D eigenvalue weighted by Crippen LogP contribution is 2.20. The first-order chi connectivity index (χ1) is 8.13. The van der Waals surface area contributed by atoms with Crippen molar-refractivity contribution >= 4 is 15.9 Å². The van der Waals surface area contributed by atoms with Crippen LogP contribution in [-0.4, -0.2) is 31.3 Å². The Morgan fingerprint density at radius 2 is 2.18 bits per heavy atom. The molecule has 1 N–H and O–H groups in total. The van der Waals surface area contributed by atoms with E-state index in [4.69, 9.17) is 9.47 Å². The van der Waals surface area contributed by atoms with Gasteiger partial charge in [0.2, 0.25) is 5.88 Å². The summed E-state index contributed by atoms with van der Waals surface area (Å²) < 4.78 is 11.5. The van der Waals surface area contributed by atoms with Crippen molar-refractivity contribution in [3.05, 3.63) is 22.3 Å². The smallest absolute Gasteiger partial charge is 0.217 e. The Labute approximate surface area is 111 Å². The van der Waals surface area contributed by atoms with Crippen LogP contribution in [0, 0.1) is 0 Å². The average Bonchev–Trinajstić information content (AvgIpc) is 2.29. The molecule has 5 heteroatoms. The molecule has 0 aromatic carbocycles. The Balaban J connectivity index is 2.66. The second-order valence-electron chi connectivity index (χ2n) is 3.99. The van der Waals surface area contributed by atoms with Gasteiger partial charge in [0.15, 0.2) is 0 Å². The standard InChI is InChI=1S/C12H19BrN2O2/c1-9(2)14-7-10-6-11(13)8-15-12(10)17-5-4-16-3/h6,8-9,14H,4-5,7H2,1-3H3. The highest BCUT2D eigenvalue weighted by Gasteiger charge is 2.07. The quantitative estimate of drug-likeness (QED) is 0.785. The second-order valence-corrected chi connectivity index (χ2v) is 4.91. The van der Waals surface area contributed by atoms with Gasteiger partial charge in [-0.15, -0.1) is 0 Å². The first-order valence-electron chi connectivity index (χ1n) is 5.63. The molecule has 17 heavy (non-hydrogen) atoms. The predicted octanol–water partition coefficient (Wildman–Crippen LogP) is 2.37. The molecule has 1 heterocycles. The number of halogens is 1. The van der Waals surface area contributed by atoms with E-state index in [0.29, 0.717) is 25.1 Å². The van der Waals surface area contributed by atoms with Crippen LogP contribution in [0.2, 0.25) is 0 Å². The van der Waals surface area contributed by atoms with Crippen molar-refractivity contribution in [1.29, 1.82) is 0 Å². The zero-order chi connectivity index (χ0) is 12.7. The summed E-state index contributed by atoms with van der Waals surface area (Å²) in [6.45, 7) is 6.04. The number of hydrogen-bond donors (Lipinski definition) is 1. The van der Waals surface area contributed by atoms with Crippen molar-refractivity contribution in [1.82, 2.24) is 10.3 Å². The Kier molecular flexibility index (Phi) is 6.47. The van der Waals surface area contributed by atoms with Crippen molar-refractivity contribution < 1.29 is 9.47 Å². The molecule has 0 amide bonds. The van der Waals surface area contributed by atoms with Crippen molar-refractivity contribution in [2.45, 2.75) is 26.4 Å². The minimum Gasteiger partial charge on any atom is -0.475 e. The largest absolute Gasteiger partial charge is 0.475 e. The Morgan fingerprint density at radius 3 is 2.82 bits per heavy atom. The van der Waals surface area contributed by atoms with Crippen LogP contribution in [0.1, 0.15) is 19.4 Å². The van der Waals surface area contributed by atoms with Crippen LogP contribution in [0.3, 0.4) is 0 Å². The molecule has 1 aromatic heterocycles. The number of nitrogens with one attached hydrogen (secondary N) is 1. The molecule has 1 aromatic rings. The molecular formula is C12H19BrN2O2. The van der Waals surface area contributed by atoms with Crippen LogP contribution in [0.15, 0.2) is 16.7 Å². The van der Waals surface area contributed by atoms with E-state index in [1.54, 1.807) is 13.3 Å². The lowest BCUT2D eigenvalue weighted by Gasteiger charge is -2.13. The van der Waals surface area contributed by atoms with E-state index >= 15 is 0 Å². The molecular weight excluding hydrogens is 284 g/mol. The van der Waals surface area contributed by atoms with Gasteiger partial charge in [0.25, 0.3) is 0 Å². The summed E-state index contributed by atoms with van der Waals surface area (Å²) in [5.41, 5.74) is 1.05. The fraction of sp³-hybridized carbons (Fsp3) is 0.583. The summed E-state index contributed by atoms with van der Waals surface area (Å²) in [6, 6.07) is 2.45. The first kappa shape index (κ1) is 14.4. The summed E-state index contributed by atoms with van der Waals surface area (Å²) in [6.07, 6.45) is 1.74. The molecule has 0 aliphatic rings. The van der Waals surface area contributed by atoms with E-state index in [1.165, 1.54) is 0 Å². The SMILES string of the molecule is COCCOc1ncc(Br)cc1CNC(C)C. The molecule has 0 spiro atoms. The van der Waals surface area contributed by atoms with Crippen LogP contribution in [-0.2, 0) is 11.3 Å². The third kappa shape index (κ3) is 5.48. The summed E-state index contributed by atoms with van der Waals surface area (Å²) in [5, 5.41) is 3.35. The van der Waals surface area contributed by atoms with Crippen LogP contribution in [0.5, 0.6) is 5.88 Å². The fourth-order valence-electron chi connectivity index (χ4n) is 1.26. The Hall–Kier alpha value is -0.650. The molecule has 0 saturated carbocycles. The number of ether oxygens (including phenoxy) is 2. The van der Waals surface area contributed by atoms with Crippen molar-refractivity contribution in [3.8, 4) is 5.88 Å². The average molecular weight is 303 g/mol. The number of rotatable bonds is 7. The number of aromatic nitrogens is 1. The van der Waals surface area contributed by atoms with Gasteiger partial charge >= 0.3 is 0 Å². The predicted molar refractivity (Wildman–Crippen MR) is 71.3 cm³/mol. The summed E-state index contributed by atoms with van der Waals surface area (Å²) >= 11 is 3.41. The number of nitrogens with zero attached hydrogens (tertiary/aromatic N) is 1. The Bertz CT molecular complexity index is 345. The maximum atomic E-state index is 5.57. The third-order valence-electron chi connectivity index (χ3n) is 2.12. The lowest BCUT2D eigenvalue weighted by molar-refractivity contribution is 0.143. The summed E-state index contributed by atoms with van der Waals surface area (Å²) in [4.78, 5) is 4.26. The molecule has 4 nitrogen and oxygen atoms in total. The topological polar surface area (TPSA) is 43.4 Å². The van der Waals surface area contributed by atoms with Gasteiger partial charge in [0, 0.05) is 35.9 Å². The van der Waals surface area contributed by atoms with Crippen LogP contribution >= 0.6 is 15.9 Å². The van der Waals surface area contributed by atoms with Crippen molar-refractivity contribution in [2.75, 3.05) is 20.3 Å². The Morgan fingerprint density at radius 1 is 1.41 bits per heavy atom. The van der Waals surface area contributed by atoms with E-state index in [1.807, 2.05) is 6.07 Å².